The van der Waals surface area contributed by atoms with Crippen LogP contribution in [-0.4, -0.2) is 34.4 Å². The van der Waals surface area contributed by atoms with Crippen LogP contribution < -0.4 is 4.90 Å². The van der Waals surface area contributed by atoms with Crippen molar-refractivity contribution in [1.82, 2.24) is 4.98 Å². The van der Waals surface area contributed by atoms with Gasteiger partial charge in [0.2, 0.25) is 0 Å². The van der Waals surface area contributed by atoms with E-state index in [9.17, 15) is 19.5 Å². The molecule has 0 spiro atoms. The first-order valence-corrected chi connectivity index (χ1v) is 11.4. The second kappa shape index (κ2) is 9.62. The number of hydrogen-bond acceptors (Lipinski definition) is 7. The van der Waals surface area contributed by atoms with Gasteiger partial charge in [-0.3, -0.25) is 14.5 Å². The second-order valence-electron chi connectivity index (χ2n) is 7.39. The predicted molar refractivity (Wildman–Crippen MR) is 130 cm³/mol. The highest BCUT2D eigenvalue weighted by Gasteiger charge is 2.48. The molecule has 1 N–H and O–H groups in total. The molecule has 0 unspecified atom stereocenters. The largest absolute Gasteiger partial charge is 0.507 e. The maximum atomic E-state index is 13.2. The van der Waals surface area contributed by atoms with Crippen LogP contribution in [0.15, 0.2) is 72.8 Å². The molecule has 1 aliphatic heterocycles. The van der Waals surface area contributed by atoms with Crippen LogP contribution in [0.3, 0.4) is 0 Å². The number of aliphatic hydroxyl groups is 1. The Kier molecular flexibility index (Phi) is 6.63. The van der Waals surface area contributed by atoms with Crippen LogP contribution in [-0.2, 0) is 14.3 Å². The molecule has 0 bridgehead atoms. The third-order valence-corrected chi connectivity index (χ3v) is 6.54. The standard InChI is InChI=1S/C25H19ClN2O5S/c1-3-12-33-24(32)22-14(2)27-25(34-22)28-19(16-10-7-11-17(26)13-16)18(21(30)23(28)31)20(29)15-8-5-4-6-9-15/h3-11,13,19,29H,1,12H2,2H3/t19-/m1/s1. The van der Waals surface area contributed by atoms with E-state index in [-0.39, 0.29) is 27.9 Å². The number of aliphatic hydroxyl groups excluding tert-OH is 1. The lowest BCUT2D eigenvalue weighted by atomic mass is 9.95. The smallest absolute Gasteiger partial charge is 0.350 e. The molecule has 172 valence electrons. The number of esters is 1. The molecule has 0 saturated carbocycles. The number of anilines is 1. The monoisotopic (exact) mass is 494 g/mol. The van der Waals surface area contributed by atoms with E-state index in [0.717, 1.165) is 11.3 Å². The Hall–Kier alpha value is -3.75. The van der Waals surface area contributed by atoms with Gasteiger partial charge in [0.05, 0.1) is 17.3 Å². The van der Waals surface area contributed by atoms with Gasteiger partial charge >= 0.3 is 11.9 Å². The molecule has 0 aliphatic carbocycles. The van der Waals surface area contributed by atoms with Crippen LogP contribution in [0.1, 0.15) is 32.5 Å². The van der Waals surface area contributed by atoms with Crippen molar-refractivity contribution < 1.29 is 24.2 Å². The van der Waals surface area contributed by atoms with Gasteiger partial charge in [-0.05, 0) is 24.6 Å². The van der Waals surface area contributed by atoms with Crippen LogP contribution in [0.25, 0.3) is 5.76 Å². The molecule has 1 atom stereocenters. The number of amides is 1. The number of ketones is 1. The fraction of sp³-hybridized carbons (Fsp3) is 0.120. The molecule has 34 heavy (non-hydrogen) atoms. The lowest BCUT2D eigenvalue weighted by Gasteiger charge is -2.23. The topological polar surface area (TPSA) is 96.8 Å². The van der Waals surface area contributed by atoms with Gasteiger partial charge < -0.3 is 9.84 Å². The molecular formula is C25H19ClN2O5S. The number of thiazole rings is 1. The van der Waals surface area contributed by atoms with Crippen LogP contribution in [0.5, 0.6) is 0 Å². The average molecular weight is 495 g/mol. The first-order chi connectivity index (χ1) is 16.3. The first-order valence-electron chi connectivity index (χ1n) is 10.2. The molecule has 7 nitrogen and oxygen atoms in total. The number of hydrogen-bond donors (Lipinski definition) is 1. The Morgan fingerprint density at radius 1 is 1.24 bits per heavy atom. The van der Waals surface area contributed by atoms with Gasteiger partial charge in [-0.15, -0.1) is 0 Å². The number of rotatable bonds is 6. The summed E-state index contributed by atoms with van der Waals surface area (Å²) in [5.41, 5.74) is 1.15. The molecule has 9 heteroatoms. The van der Waals surface area contributed by atoms with Crippen LogP contribution in [0, 0.1) is 6.92 Å². The number of Topliss-reactive ketones (excluding diaryl/α,β-unsaturated/α-hetero) is 1. The van der Waals surface area contributed by atoms with Crippen LogP contribution in [0.4, 0.5) is 5.13 Å². The first kappa shape index (κ1) is 23.4. The van der Waals surface area contributed by atoms with Crippen molar-refractivity contribution in [1.29, 1.82) is 0 Å². The highest BCUT2D eigenvalue weighted by Crippen LogP contribution is 2.44. The Morgan fingerprint density at radius 2 is 1.97 bits per heavy atom. The highest BCUT2D eigenvalue weighted by atomic mass is 35.5. The van der Waals surface area contributed by atoms with E-state index in [1.807, 2.05) is 0 Å². The molecule has 1 fully saturated rings. The molecule has 3 aromatic rings. The summed E-state index contributed by atoms with van der Waals surface area (Å²) in [6.45, 7) is 5.15. The summed E-state index contributed by atoms with van der Waals surface area (Å²) in [5.74, 6) is -2.66. The number of nitrogens with zero attached hydrogens (tertiary/aromatic N) is 2. The predicted octanol–water partition coefficient (Wildman–Crippen LogP) is 5.07. The fourth-order valence-corrected chi connectivity index (χ4v) is 4.83. The van der Waals surface area contributed by atoms with Gasteiger partial charge in [-0.2, -0.15) is 0 Å². The van der Waals surface area contributed by atoms with E-state index in [2.05, 4.69) is 11.6 Å². The minimum Gasteiger partial charge on any atom is -0.507 e. The van der Waals surface area contributed by atoms with Crippen molar-refractivity contribution in [2.24, 2.45) is 0 Å². The van der Waals surface area contributed by atoms with Crippen LogP contribution >= 0.6 is 22.9 Å². The summed E-state index contributed by atoms with van der Waals surface area (Å²) in [6.07, 6.45) is 1.44. The molecule has 1 aliphatic rings. The van der Waals surface area contributed by atoms with E-state index < -0.39 is 23.7 Å². The van der Waals surface area contributed by atoms with Crippen molar-refractivity contribution in [2.75, 3.05) is 11.5 Å². The molecule has 1 amide bonds. The zero-order chi connectivity index (χ0) is 24.4. The molecular weight excluding hydrogens is 476 g/mol. The van der Waals surface area contributed by atoms with Gasteiger partial charge in [0, 0.05) is 10.6 Å². The van der Waals surface area contributed by atoms with Gasteiger partial charge in [-0.25, -0.2) is 9.78 Å². The average Bonchev–Trinajstić information content (AvgIpc) is 3.34. The summed E-state index contributed by atoms with van der Waals surface area (Å²) >= 11 is 7.13. The van der Waals surface area contributed by atoms with Gasteiger partial charge in [-0.1, -0.05) is 78.1 Å². The van der Waals surface area contributed by atoms with Gasteiger partial charge in [0.25, 0.3) is 5.78 Å². The Balaban J connectivity index is 1.89. The number of carbonyl (C=O) groups is 3. The summed E-state index contributed by atoms with van der Waals surface area (Å²) in [7, 11) is 0. The van der Waals surface area contributed by atoms with Crippen molar-refractivity contribution in [2.45, 2.75) is 13.0 Å². The SMILES string of the molecule is C=CCOC(=O)c1sc(N2C(=O)C(=O)C(=C(O)c3ccccc3)[C@H]2c2cccc(Cl)c2)nc1C. The minimum absolute atomic E-state index is 0.0234. The highest BCUT2D eigenvalue weighted by molar-refractivity contribution is 7.17. The van der Waals surface area contributed by atoms with Gasteiger partial charge in [0.1, 0.15) is 17.2 Å². The molecule has 4 rings (SSSR count). The Morgan fingerprint density at radius 3 is 2.65 bits per heavy atom. The molecule has 1 aromatic heterocycles. The van der Waals surface area contributed by atoms with Crippen molar-refractivity contribution in [3.63, 3.8) is 0 Å². The number of carbonyl (C=O) groups excluding carboxylic acids is 3. The van der Waals surface area contributed by atoms with E-state index >= 15 is 0 Å². The normalized spacial score (nSPS) is 17.1. The van der Waals surface area contributed by atoms with Crippen molar-refractivity contribution >= 4 is 51.5 Å². The van der Waals surface area contributed by atoms with E-state index in [4.69, 9.17) is 16.3 Å². The zero-order valence-electron chi connectivity index (χ0n) is 18.0. The maximum absolute atomic E-state index is 13.2. The zero-order valence-corrected chi connectivity index (χ0v) is 19.6. The second-order valence-corrected chi connectivity index (χ2v) is 8.80. The summed E-state index contributed by atoms with van der Waals surface area (Å²) in [4.78, 5) is 44.6. The Labute approximate surface area is 204 Å². The molecule has 1 saturated heterocycles. The fourth-order valence-electron chi connectivity index (χ4n) is 3.65. The van der Waals surface area contributed by atoms with E-state index in [1.54, 1.807) is 61.5 Å². The van der Waals surface area contributed by atoms with Crippen LogP contribution in [0.2, 0.25) is 5.02 Å². The van der Waals surface area contributed by atoms with E-state index in [1.165, 1.54) is 11.0 Å². The van der Waals surface area contributed by atoms with E-state index in [0.29, 0.717) is 21.8 Å². The van der Waals surface area contributed by atoms with Crippen molar-refractivity contribution in [3.05, 3.63) is 99.5 Å². The molecule has 2 heterocycles. The molecule has 2 aromatic carbocycles. The maximum Gasteiger partial charge on any atom is 0.350 e. The molecule has 0 radical (unpaired) electrons. The number of ether oxygens (including phenoxy) is 1. The van der Waals surface area contributed by atoms with Gasteiger partial charge in [0.15, 0.2) is 5.13 Å². The lowest BCUT2D eigenvalue weighted by Crippen LogP contribution is -2.29. The number of benzene rings is 2. The number of aromatic nitrogens is 1. The Bertz CT molecular complexity index is 1330. The summed E-state index contributed by atoms with van der Waals surface area (Å²) in [5, 5.41) is 11.6. The van der Waals surface area contributed by atoms with Crippen molar-refractivity contribution in [3.8, 4) is 0 Å². The third-order valence-electron chi connectivity index (χ3n) is 5.17. The number of halogens is 1. The lowest BCUT2D eigenvalue weighted by molar-refractivity contribution is -0.132. The minimum atomic E-state index is -0.999. The summed E-state index contributed by atoms with van der Waals surface area (Å²) < 4.78 is 5.10. The quantitative estimate of drug-likeness (QED) is 0.169. The summed E-state index contributed by atoms with van der Waals surface area (Å²) in [6, 6.07) is 14.1. The number of aryl methyl sites for hydroxylation is 1. The third kappa shape index (κ3) is 4.25.